The van der Waals surface area contributed by atoms with Crippen molar-refractivity contribution in [1.29, 1.82) is 0 Å². The van der Waals surface area contributed by atoms with Crippen LogP contribution in [0.4, 0.5) is 11.8 Å². The molecule has 0 aliphatic rings. The number of hydrazine groups is 1. The van der Waals surface area contributed by atoms with Gasteiger partial charge in [0.25, 0.3) is 0 Å². The molecule has 0 radical (unpaired) electrons. The predicted octanol–water partition coefficient (Wildman–Crippen LogP) is 6.11. The average molecular weight is 551 g/mol. The van der Waals surface area contributed by atoms with Crippen LogP contribution in [0, 0.1) is 0 Å². The first-order valence-corrected chi connectivity index (χ1v) is 13.1. The third-order valence-corrected chi connectivity index (χ3v) is 6.50. The maximum Gasteiger partial charge on any atom is 0.243 e. The summed E-state index contributed by atoms with van der Waals surface area (Å²) >= 11 is 0. The number of hydrogen-bond acceptors (Lipinski definition) is 10. The number of ether oxygens (including phenoxy) is 4. The molecule has 0 aliphatic heterocycles. The fourth-order valence-electron chi connectivity index (χ4n) is 3.87. The summed E-state index contributed by atoms with van der Waals surface area (Å²) in [4.78, 5) is 0. The molecule has 2 aromatic carbocycles. The summed E-state index contributed by atoms with van der Waals surface area (Å²) in [7, 11) is 3.30. The minimum Gasteiger partial charge on any atom is -0.497 e. The Hall–Kier alpha value is -4.02. The first-order chi connectivity index (χ1) is 19.2. The molecule has 4 aromatic rings. The van der Waals surface area contributed by atoms with E-state index in [1.165, 1.54) is 0 Å². The topological polar surface area (TPSA) is 113 Å². The third kappa shape index (κ3) is 7.77. The molecular weight excluding hydrogens is 512 g/mol. The van der Waals surface area contributed by atoms with E-state index in [-0.39, 0.29) is 10.8 Å². The Morgan fingerprint density at radius 1 is 0.625 bits per heavy atom. The lowest BCUT2D eigenvalue weighted by atomic mass is 9.90. The summed E-state index contributed by atoms with van der Waals surface area (Å²) in [6.07, 6.45) is 0. The molecule has 40 heavy (non-hydrogen) atoms. The van der Waals surface area contributed by atoms with Gasteiger partial charge in [-0.15, -0.1) is 0 Å². The van der Waals surface area contributed by atoms with Crippen molar-refractivity contribution < 1.29 is 28.0 Å². The highest BCUT2D eigenvalue weighted by Gasteiger charge is 2.27. The van der Waals surface area contributed by atoms with Crippen LogP contribution in [0.15, 0.2) is 69.7 Å². The summed E-state index contributed by atoms with van der Waals surface area (Å²) in [5, 5.41) is 8.44. The van der Waals surface area contributed by atoms with Crippen molar-refractivity contribution in [3.63, 3.8) is 0 Å². The Morgan fingerprint density at radius 3 is 1.35 bits per heavy atom. The number of nitrogens with one attached hydrogen (secondary N) is 2. The molecule has 2 N–H and O–H groups in total. The first-order valence-electron chi connectivity index (χ1n) is 13.1. The largest absolute Gasteiger partial charge is 0.497 e. The van der Waals surface area contributed by atoms with E-state index in [0.29, 0.717) is 38.2 Å². The zero-order chi connectivity index (χ0) is 28.6. The van der Waals surface area contributed by atoms with Gasteiger partial charge in [-0.05, 0) is 35.4 Å². The number of rotatable bonds is 15. The highest BCUT2D eigenvalue weighted by molar-refractivity contribution is 5.43. The molecule has 10 nitrogen and oxygen atoms in total. The van der Waals surface area contributed by atoms with Crippen molar-refractivity contribution >= 4 is 11.8 Å². The fourth-order valence-corrected chi connectivity index (χ4v) is 3.87. The summed E-state index contributed by atoms with van der Waals surface area (Å²) in [6.45, 7) is 10.1. The van der Waals surface area contributed by atoms with Crippen LogP contribution in [0.5, 0.6) is 11.5 Å². The normalized spacial score (nSPS) is 11.8. The SMILES string of the molecule is COc1ccc(COCC(C)(C)c2cc(NNc3cc(C(C)(C)COCc4ccc(OC)cc4)no3)on2)cc1. The van der Waals surface area contributed by atoms with Crippen LogP contribution in [0.1, 0.15) is 50.2 Å². The summed E-state index contributed by atoms with van der Waals surface area (Å²) < 4.78 is 33.2. The van der Waals surface area contributed by atoms with Gasteiger partial charge in [-0.25, -0.2) is 0 Å². The van der Waals surface area contributed by atoms with Gasteiger partial charge in [0, 0.05) is 23.0 Å². The molecule has 2 heterocycles. The second-order valence-electron chi connectivity index (χ2n) is 10.9. The zero-order valence-electron chi connectivity index (χ0n) is 23.9. The van der Waals surface area contributed by atoms with Gasteiger partial charge in [-0.3, -0.25) is 10.9 Å². The maximum absolute atomic E-state index is 5.95. The van der Waals surface area contributed by atoms with Crippen molar-refractivity contribution in [2.24, 2.45) is 0 Å². The molecule has 0 bridgehead atoms. The average Bonchev–Trinajstić information content (AvgIpc) is 3.64. The fraction of sp³-hybridized carbons (Fsp3) is 0.400. The number of nitrogens with zero attached hydrogens (tertiary/aromatic N) is 2. The van der Waals surface area contributed by atoms with Crippen LogP contribution in [0.3, 0.4) is 0 Å². The van der Waals surface area contributed by atoms with Crippen LogP contribution < -0.4 is 20.3 Å². The van der Waals surface area contributed by atoms with Crippen LogP contribution in [-0.4, -0.2) is 37.7 Å². The molecule has 0 atom stereocenters. The minimum atomic E-state index is -0.356. The third-order valence-electron chi connectivity index (χ3n) is 6.50. The van der Waals surface area contributed by atoms with Crippen molar-refractivity contribution in [3.05, 3.63) is 83.2 Å². The molecule has 0 spiro atoms. The van der Waals surface area contributed by atoms with Crippen LogP contribution in [-0.2, 0) is 33.5 Å². The van der Waals surface area contributed by atoms with Gasteiger partial charge in [0.05, 0.1) is 52.0 Å². The first kappa shape index (κ1) is 29.0. The van der Waals surface area contributed by atoms with Crippen LogP contribution >= 0.6 is 0 Å². The second kappa shape index (κ2) is 12.9. The molecular formula is C30H38N4O6. The Morgan fingerprint density at radius 2 is 1.00 bits per heavy atom. The van der Waals surface area contributed by atoms with Gasteiger partial charge in [-0.1, -0.05) is 62.3 Å². The van der Waals surface area contributed by atoms with E-state index >= 15 is 0 Å². The highest BCUT2D eigenvalue weighted by atomic mass is 16.5. The molecule has 0 amide bonds. The van der Waals surface area contributed by atoms with E-state index < -0.39 is 0 Å². The van der Waals surface area contributed by atoms with E-state index in [1.54, 1.807) is 14.2 Å². The Bertz CT molecular complexity index is 1230. The molecule has 0 saturated heterocycles. The number of aromatic nitrogens is 2. The lowest BCUT2D eigenvalue weighted by Gasteiger charge is -2.21. The quantitative estimate of drug-likeness (QED) is 0.168. The molecule has 10 heteroatoms. The molecule has 0 fully saturated rings. The standard InChI is InChI=1S/C30H38N4O6/c1-29(2,19-37-17-21-7-11-23(35-5)12-8-21)25-15-27(39-33-25)31-32-28-16-26(34-40-28)30(3,4)20-38-18-22-9-13-24(36-6)14-10-22/h7-16,31-32H,17-20H2,1-6H3. The molecule has 2 aromatic heterocycles. The van der Waals surface area contributed by atoms with Crippen molar-refractivity contribution in [3.8, 4) is 11.5 Å². The second-order valence-corrected chi connectivity index (χ2v) is 10.9. The number of hydrogen-bond donors (Lipinski definition) is 2. The van der Waals surface area contributed by atoms with Crippen LogP contribution in [0.25, 0.3) is 0 Å². The molecule has 0 aliphatic carbocycles. The Labute approximate surface area is 234 Å². The van der Waals surface area contributed by atoms with Crippen LogP contribution in [0.2, 0.25) is 0 Å². The van der Waals surface area contributed by atoms with Gasteiger partial charge in [0.1, 0.15) is 11.5 Å². The van der Waals surface area contributed by atoms with E-state index in [0.717, 1.165) is 34.0 Å². The van der Waals surface area contributed by atoms with Crippen molar-refractivity contribution in [2.45, 2.75) is 51.7 Å². The lowest BCUT2D eigenvalue weighted by molar-refractivity contribution is 0.0799. The van der Waals surface area contributed by atoms with Gasteiger partial charge in [-0.2, -0.15) is 0 Å². The summed E-state index contributed by atoms with van der Waals surface area (Å²) in [6, 6.07) is 19.3. The smallest absolute Gasteiger partial charge is 0.243 e. The monoisotopic (exact) mass is 550 g/mol. The van der Waals surface area contributed by atoms with E-state index in [4.69, 9.17) is 28.0 Å². The summed E-state index contributed by atoms with van der Waals surface area (Å²) in [5.41, 5.74) is 8.91. The molecule has 0 saturated carbocycles. The summed E-state index contributed by atoms with van der Waals surface area (Å²) in [5.74, 6) is 2.53. The lowest BCUT2D eigenvalue weighted by Crippen LogP contribution is -2.24. The molecule has 0 unspecified atom stereocenters. The Balaban J connectivity index is 1.23. The van der Waals surface area contributed by atoms with E-state index in [2.05, 4.69) is 48.9 Å². The van der Waals surface area contributed by atoms with Crippen molar-refractivity contribution in [1.82, 2.24) is 10.3 Å². The zero-order valence-corrected chi connectivity index (χ0v) is 23.9. The van der Waals surface area contributed by atoms with Crippen molar-refractivity contribution in [2.75, 3.05) is 38.3 Å². The number of benzene rings is 2. The van der Waals surface area contributed by atoms with Gasteiger partial charge in [0.2, 0.25) is 11.8 Å². The number of anilines is 2. The maximum atomic E-state index is 5.95. The number of methoxy groups -OCH3 is 2. The van der Waals surface area contributed by atoms with E-state index in [1.807, 2.05) is 60.7 Å². The van der Waals surface area contributed by atoms with Gasteiger partial charge in [0.15, 0.2) is 0 Å². The minimum absolute atomic E-state index is 0.356. The van der Waals surface area contributed by atoms with E-state index in [9.17, 15) is 0 Å². The van der Waals surface area contributed by atoms with Gasteiger partial charge >= 0.3 is 0 Å². The molecule has 214 valence electrons. The molecule has 4 rings (SSSR count). The predicted molar refractivity (Wildman–Crippen MR) is 152 cm³/mol. The van der Waals surface area contributed by atoms with Gasteiger partial charge < -0.3 is 28.0 Å². The highest BCUT2D eigenvalue weighted by Crippen LogP contribution is 2.28. The Kier molecular flexibility index (Phi) is 9.34.